The highest BCUT2D eigenvalue weighted by molar-refractivity contribution is 7.18. The molecule has 12 nitrogen and oxygen atoms in total. The maximum atomic E-state index is 13.3. The number of halogens is 2. The Bertz CT molecular complexity index is 2440. The highest BCUT2D eigenvalue weighted by Gasteiger charge is 2.23. The zero-order valence-electron chi connectivity index (χ0n) is 25.5. The van der Waals surface area contributed by atoms with Gasteiger partial charge in [0.25, 0.3) is 11.1 Å². The molecule has 1 aliphatic carbocycles. The molecule has 0 radical (unpaired) electrons. The predicted octanol–water partition coefficient (Wildman–Crippen LogP) is 5.12. The fraction of sp³-hybridized carbons (Fsp3) is 0.250. The van der Waals surface area contributed by atoms with Gasteiger partial charge in [0, 0.05) is 29.0 Å². The molecule has 0 amide bonds. The van der Waals surface area contributed by atoms with Crippen LogP contribution < -0.4 is 26.3 Å². The Morgan fingerprint density at radius 1 is 1.00 bits per heavy atom. The Hall–Kier alpha value is -4.72. The van der Waals surface area contributed by atoms with Gasteiger partial charge in [0.05, 0.1) is 25.3 Å². The van der Waals surface area contributed by atoms with E-state index in [4.69, 9.17) is 32.7 Å². The topological polar surface area (TPSA) is 128 Å². The van der Waals surface area contributed by atoms with Crippen LogP contribution in [0.4, 0.5) is 0 Å². The largest absolute Gasteiger partial charge is 0.493 e. The third-order valence-electron chi connectivity index (χ3n) is 8.24. The lowest BCUT2D eigenvalue weighted by molar-refractivity contribution is 0.361. The monoisotopic (exact) mass is 691 g/mol. The van der Waals surface area contributed by atoms with Crippen molar-refractivity contribution in [2.24, 2.45) is 19.2 Å². The SMILES string of the molecule is COc1cc(/C=N\n2cnc3sc4c(c3c2=O)CCCC4)ccc1Oc1nc2c(c(=O)n(C)c(=O)n2C)n1Cc1ccc(Cl)cc1Cl. The molecule has 0 aliphatic heterocycles. The second-order valence-corrected chi connectivity index (χ2v) is 13.1. The third-order valence-corrected chi connectivity index (χ3v) is 10.0. The summed E-state index contributed by atoms with van der Waals surface area (Å²) < 4.78 is 17.0. The number of benzene rings is 2. The molecule has 7 rings (SSSR count). The molecule has 0 fully saturated rings. The van der Waals surface area contributed by atoms with Crippen molar-refractivity contribution < 1.29 is 9.47 Å². The van der Waals surface area contributed by atoms with E-state index >= 15 is 0 Å². The summed E-state index contributed by atoms with van der Waals surface area (Å²) in [5.41, 5.74) is 1.41. The molecule has 1 aliphatic rings. The molecule has 0 atom stereocenters. The van der Waals surface area contributed by atoms with Gasteiger partial charge in [-0.15, -0.1) is 11.3 Å². The number of fused-ring (bicyclic) bond motifs is 4. The van der Waals surface area contributed by atoms with E-state index in [1.807, 2.05) is 0 Å². The van der Waals surface area contributed by atoms with Crippen LogP contribution in [-0.4, -0.2) is 41.7 Å². The molecule has 47 heavy (non-hydrogen) atoms. The smallest absolute Gasteiger partial charge is 0.332 e. The summed E-state index contributed by atoms with van der Waals surface area (Å²) in [5, 5.41) is 5.91. The number of thiophene rings is 1. The van der Waals surface area contributed by atoms with Crippen LogP contribution in [0.25, 0.3) is 21.4 Å². The lowest BCUT2D eigenvalue weighted by Gasteiger charge is -2.13. The van der Waals surface area contributed by atoms with E-state index in [1.54, 1.807) is 52.3 Å². The molecule has 0 N–H and O–H groups in total. The van der Waals surface area contributed by atoms with Gasteiger partial charge in [-0.1, -0.05) is 29.3 Å². The molecule has 0 bridgehead atoms. The molecular weight excluding hydrogens is 665 g/mol. The number of aryl methyl sites for hydroxylation is 3. The summed E-state index contributed by atoms with van der Waals surface area (Å²) in [6, 6.07) is 10.2. The predicted molar refractivity (Wildman–Crippen MR) is 182 cm³/mol. The quantitative estimate of drug-likeness (QED) is 0.213. The second kappa shape index (κ2) is 12.1. The van der Waals surface area contributed by atoms with Gasteiger partial charge in [-0.25, -0.2) is 9.78 Å². The summed E-state index contributed by atoms with van der Waals surface area (Å²) in [7, 11) is 4.42. The first-order valence-corrected chi connectivity index (χ1v) is 16.2. The summed E-state index contributed by atoms with van der Waals surface area (Å²) in [6.45, 7) is 0.100. The molecular formula is C32H27Cl2N7O5S. The van der Waals surface area contributed by atoms with E-state index < -0.39 is 11.2 Å². The van der Waals surface area contributed by atoms with Crippen molar-refractivity contribution in [1.29, 1.82) is 0 Å². The van der Waals surface area contributed by atoms with E-state index in [0.717, 1.165) is 40.6 Å². The average molecular weight is 693 g/mol. The zero-order chi connectivity index (χ0) is 33.0. The van der Waals surface area contributed by atoms with Crippen LogP contribution in [0.1, 0.15) is 34.4 Å². The van der Waals surface area contributed by atoms with E-state index in [-0.39, 0.29) is 35.0 Å². The summed E-state index contributed by atoms with van der Waals surface area (Å²) >= 11 is 14.2. The van der Waals surface area contributed by atoms with E-state index in [0.29, 0.717) is 32.3 Å². The van der Waals surface area contributed by atoms with E-state index in [9.17, 15) is 14.4 Å². The highest BCUT2D eigenvalue weighted by Crippen LogP contribution is 2.35. The number of rotatable bonds is 7. The fourth-order valence-corrected chi connectivity index (χ4v) is 7.45. The standard InChI is InChI=1S/C32H27Cl2N7O5S/c1-38-27-26(30(43)39(2)32(38)44)40(15-18-9-10-19(33)13-21(18)34)31(37-27)46-22-11-8-17(12-23(22)45-3)14-36-41-16-35-28-25(29(41)42)20-6-4-5-7-24(20)47-28/h8-14,16H,4-7,15H2,1-3H3/b36-14-. The molecule has 0 saturated heterocycles. The minimum atomic E-state index is -0.542. The maximum absolute atomic E-state index is 13.3. The first-order chi connectivity index (χ1) is 22.6. The molecule has 4 aromatic heterocycles. The third kappa shape index (κ3) is 5.43. The first kappa shape index (κ1) is 30.9. The lowest BCUT2D eigenvalue weighted by atomic mass is 9.97. The van der Waals surface area contributed by atoms with Gasteiger partial charge >= 0.3 is 11.7 Å². The number of ether oxygens (including phenoxy) is 2. The van der Waals surface area contributed by atoms with Crippen LogP contribution in [0.2, 0.25) is 10.0 Å². The molecule has 0 unspecified atom stereocenters. The van der Waals surface area contributed by atoms with Crippen LogP contribution >= 0.6 is 34.5 Å². The van der Waals surface area contributed by atoms with Crippen molar-refractivity contribution in [3.05, 3.63) is 106 Å². The van der Waals surface area contributed by atoms with Crippen molar-refractivity contribution in [2.45, 2.75) is 32.2 Å². The van der Waals surface area contributed by atoms with Gasteiger partial charge < -0.3 is 9.47 Å². The Labute approximate surface area is 280 Å². The van der Waals surface area contributed by atoms with Crippen LogP contribution in [0.5, 0.6) is 17.5 Å². The molecule has 15 heteroatoms. The molecule has 0 saturated carbocycles. The normalized spacial score (nSPS) is 13.1. The number of methoxy groups -OCH3 is 1. The van der Waals surface area contributed by atoms with Crippen LogP contribution in [0.3, 0.4) is 0 Å². The number of aromatic nitrogens is 6. The van der Waals surface area contributed by atoms with Crippen molar-refractivity contribution in [3.63, 3.8) is 0 Å². The van der Waals surface area contributed by atoms with Gasteiger partial charge in [0.1, 0.15) is 11.2 Å². The van der Waals surface area contributed by atoms with E-state index in [2.05, 4.69) is 15.1 Å². The molecule has 240 valence electrons. The number of hydrogen-bond donors (Lipinski definition) is 0. The van der Waals surface area contributed by atoms with Crippen molar-refractivity contribution in [2.75, 3.05) is 7.11 Å². The molecule has 6 aromatic rings. The molecule has 4 heterocycles. The van der Waals surface area contributed by atoms with Crippen LogP contribution in [0, 0.1) is 0 Å². The Kier molecular flexibility index (Phi) is 7.98. The van der Waals surface area contributed by atoms with Crippen LogP contribution in [-0.2, 0) is 33.5 Å². The Morgan fingerprint density at radius 2 is 1.81 bits per heavy atom. The van der Waals surface area contributed by atoms with Gasteiger partial charge in [0.15, 0.2) is 22.7 Å². The average Bonchev–Trinajstić information content (AvgIpc) is 3.63. The Morgan fingerprint density at radius 3 is 2.60 bits per heavy atom. The van der Waals surface area contributed by atoms with Gasteiger partial charge in [-0.05, 0) is 72.7 Å². The van der Waals surface area contributed by atoms with Gasteiger partial charge in [0.2, 0.25) is 0 Å². The summed E-state index contributed by atoms with van der Waals surface area (Å²) in [5.74, 6) is 0.627. The van der Waals surface area contributed by atoms with Crippen molar-refractivity contribution in [1.82, 2.24) is 28.3 Å². The van der Waals surface area contributed by atoms with E-state index in [1.165, 1.54) is 47.9 Å². The van der Waals surface area contributed by atoms with Gasteiger partial charge in [-0.3, -0.25) is 23.3 Å². The number of imidazole rings is 1. The van der Waals surface area contributed by atoms with Gasteiger partial charge in [-0.2, -0.15) is 14.8 Å². The summed E-state index contributed by atoms with van der Waals surface area (Å²) in [6.07, 6.45) is 7.02. The van der Waals surface area contributed by atoms with Crippen LogP contribution in [0.15, 0.2) is 62.2 Å². The summed E-state index contributed by atoms with van der Waals surface area (Å²) in [4.78, 5) is 50.4. The first-order valence-electron chi connectivity index (χ1n) is 14.7. The van der Waals surface area contributed by atoms with Crippen molar-refractivity contribution in [3.8, 4) is 17.5 Å². The second-order valence-electron chi connectivity index (χ2n) is 11.1. The Balaban J connectivity index is 1.25. The number of nitrogens with zero attached hydrogens (tertiary/aromatic N) is 7. The minimum absolute atomic E-state index is 0.0362. The molecule has 0 spiro atoms. The highest BCUT2D eigenvalue weighted by atomic mass is 35.5. The lowest BCUT2D eigenvalue weighted by Crippen LogP contribution is -2.37. The van der Waals surface area contributed by atoms with Crippen molar-refractivity contribution >= 4 is 62.1 Å². The maximum Gasteiger partial charge on any atom is 0.332 e. The fourth-order valence-electron chi connectivity index (χ4n) is 5.77. The molecule has 2 aromatic carbocycles. The zero-order valence-corrected chi connectivity index (χ0v) is 27.8. The minimum Gasteiger partial charge on any atom is -0.493 e. The number of hydrogen-bond acceptors (Lipinski definition) is 9.